The van der Waals surface area contributed by atoms with E-state index in [1.807, 2.05) is 0 Å². The Balaban J connectivity index is 2.61. The Kier molecular flexibility index (Phi) is 3.83. The zero-order chi connectivity index (χ0) is 10.6. The molecule has 1 rings (SSSR count). The van der Waals surface area contributed by atoms with Gasteiger partial charge in [-0.15, -0.1) is 0 Å². The molecule has 0 saturated heterocycles. The van der Waals surface area contributed by atoms with Crippen molar-refractivity contribution in [1.82, 2.24) is 0 Å². The third-order valence-electron chi connectivity index (χ3n) is 1.57. The summed E-state index contributed by atoms with van der Waals surface area (Å²) in [7, 11) is 0. The maximum Gasteiger partial charge on any atom is 0.303 e. The lowest BCUT2D eigenvalue weighted by Crippen LogP contribution is -2.11. The molecule has 0 N–H and O–H groups in total. The first-order valence-electron chi connectivity index (χ1n) is 4.01. The third-order valence-corrected chi connectivity index (χ3v) is 2.10. The number of Topliss-reactive ketones (excluding diaryl/α,β-unsaturated/α-hetero) is 1. The van der Waals surface area contributed by atoms with Crippen LogP contribution in [0.3, 0.4) is 0 Å². The Hall–Kier alpha value is -1.16. The summed E-state index contributed by atoms with van der Waals surface area (Å²) in [4.78, 5) is 21.8. The fourth-order valence-electron chi connectivity index (χ4n) is 0.886. The predicted molar refractivity (Wildman–Crippen MR) is 55.1 cm³/mol. The van der Waals surface area contributed by atoms with Gasteiger partial charge >= 0.3 is 5.97 Å². The standard InChI is InChI=1S/C10H9BrO3/c1-7(12)14-6-10(13)8-2-4-9(11)5-3-8/h2-5H,6H2,1H3. The van der Waals surface area contributed by atoms with E-state index >= 15 is 0 Å². The summed E-state index contributed by atoms with van der Waals surface area (Å²) in [6.45, 7) is 1.08. The van der Waals surface area contributed by atoms with Gasteiger partial charge < -0.3 is 4.74 Å². The molecule has 3 nitrogen and oxygen atoms in total. The lowest BCUT2D eigenvalue weighted by Gasteiger charge is -2.01. The van der Waals surface area contributed by atoms with Crippen molar-refractivity contribution in [3.05, 3.63) is 34.3 Å². The maximum absolute atomic E-state index is 11.4. The van der Waals surface area contributed by atoms with Crippen LogP contribution in [-0.2, 0) is 9.53 Å². The molecule has 0 aliphatic heterocycles. The molecule has 0 aliphatic carbocycles. The number of ether oxygens (including phenoxy) is 1. The zero-order valence-electron chi connectivity index (χ0n) is 7.62. The van der Waals surface area contributed by atoms with Gasteiger partial charge in [0.05, 0.1) is 0 Å². The molecule has 0 bridgehead atoms. The number of esters is 1. The first kappa shape index (κ1) is 10.9. The van der Waals surface area contributed by atoms with Gasteiger partial charge in [0.25, 0.3) is 0 Å². The molecule has 0 saturated carbocycles. The predicted octanol–water partition coefficient (Wildman–Crippen LogP) is 2.19. The SMILES string of the molecule is CC(=O)OCC(=O)c1ccc(Br)cc1. The summed E-state index contributed by atoms with van der Waals surface area (Å²) in [5, 5.41) is 0. The lowest BCUT2D eigenvalue weighted by molar-refractivity contribution is -0.139. The van der Waals surface area contributed by atoms with Crippen molar-refractivity contribution in [2.75, 3.05) is 6.61 Å². The van der Waals surface area contributed by atoms with Crippen LogP contribution in [0, 0.1) is 0 Å². The third kappa shape index (κ3) is 3.30. The van der Waals surface area contributed by atoms with Crippen LogP contribution in [0.15, 0.2) is 28.7 Å². The molecule has 0 radical (unpaired) electrons. The van der Waals surface area contributed by atoms with Gasteiger partial charge in [0.2, 0.25) is 0 Å². The van der Waals surface area contributed by atoms with Crippen LogP contribution in [0.2, 0.25) is 0 Å². The van der Waals surface area contributed by atoms with Gasteiger partial charge in [-0.3, -0.25) is 9.59 Å². The molecular weight excluding hydrogens is 248 g/mol. The van der Waals surface area contributed by atoms with Gasteiger partial charge in [-0.1, -0.05) is 28.1 Å². The molecule has 0 atom stereocenters. The van der Waals surface area contributed by atoms with Crippen molar-refractivity contribution in [2.24, 2.45) is 0 Å². The molecule has 0 aliphatic rings. The smallest absolute Gasteiger partial charge is 0.303 e. The van der Waals surface area contributed by atoms with Gasteiger partial charge in [0, 0.05) is 17.0 Å². The number of carbonyl (C=O) groups is 2. The molecule has 1 aromatic rings. The Morgan fingerprint density at radius 1 is 1.29 bits per heavy atom. The Morgan fingerprint density at radius 3 is 2.36 bits per heavy atom. The molecule has 74 valence electrons. The van der Waals surface area contributed by atoms with Crippen molar-refractivity contribution in [1.29, 1.82) is 0 Å². The molecule has 0 aromatic heterocycles. The number of rotatable bonds is 3. The second-order valence-electron chi connectivity index (χ2n) is 2.71. The van der Waals surface area contributed by atoms with Crippen LogP contribution in [0.5, 0.6) is 0 Å². The summed E-state index contributed by atoms with van der Waals surface area (Å²) in [5.74, 6) is -0.650. The molecule has 1 aromatic carbocycles. The van der Waals surface area contributed by atoms with Crippen molar-refractivity contribution in [3.63, 3.8) is 0 Å². The molecule has 0 spiro atoms. The van der Waals surface area contributed by atoms with Crippen LogP contribution >= 0.6 is 15.9 Å². The van der Waals surface area contributed by atoms with E-state index in [9.17, 15) is 9.59 Å². The van der Waals surface area contributed by atoms with Crippen LogP contribution < -0.4 is 0 Å². The minimum absolute atomic E-state index is 0.197. The normalized spacial score (nSPS) is 9.57. The fraction of sp³-hybridized carbons (Fsp3) is 0.200. The number of hydrogen-bond donors (Lipinski definition) is 0. The molecule has 0 fully saturated rings. The highest BCUT2D eigenvalue weighted by Crippen LogP contribution is 2.10. The van der Waals surface area contributed by atoms with Crippen molar-refractivity contribution in [2.45, 2.75) is 6.92 Å². The quantitative estimate of drug-likeness (QED) is 0.615. The van der Waals surface area contributed by atoms with Crippen LogP contribution in [0.25, 0.3) is 0 Å². The first-order chi connectivity index (χ1) is 6.59. The number of halogens is 1. The highest BCUT2D eigenvalue weighted by atomic mass is 79.9. The molecule has 4 heteroatoms. The number of ketones is 1. The monoisotopic (exact) mass is 256 g/mol. The number of benzene rings is 1. The molecule has 0 unspecified atom stereocenters. The van der Waals surface area contributed by atoms with Gasteiger partial charge in [0.15, 0.2) is 12.4 Å². The first-order valence-corrected chi connectivity index (χ1v) is 4.81. The average molecular weight is 257 g/mol. The largest absolute Gasteiger partial charge is 0.457 e. The van der Waals surface area contributed by atoms with Crippen LogP contribution in [-0.4, -0.2) is 18.4 Å². The Morgan fingerprint density at radius 2 is 1.86 bits per heavy atom. The van der Waals surface area contributed by atoms with Crippen molar-refractivity contribution >= 4 is 27.7 Å². The van der Waals surface area contributed by atoms with Crippen molar-refractivity contribution in [3.8, 4) is 0 Å². The van der Waals surface area contributed by atoms with E-state index in [1.165, 1.54) is 6.92 Å². The minimum Gasteiger partial charge on any atom is -0.457 e. The summed E-state index contributed by atoms with van der Waals surface area (Å²) < 4.78 is 5.49. The van der Waals surface area contributed by atoms with E-state index in [0.29, 0.717) is 5.56 Å². The second kappa shape index (κ2) is 4.91. The maximum atomic E-state index is 11.4. The van der Waals surface area contributed by atoms with E-state index in [4.69, 9.17) is 0 Å². The summed E-state index contributed by atoms with van der Waals surface area (Å²) in [5.41, 5.74) is 0.537. The second-order valence-corrected chi connectivity index (χ2v) is 3.63. The van der Waals surface area contributed by atoms with Crippen LogP contribution in [0.4, 0.5) is 0 Å². The highest BCUT2D eigenvalue weighted by molar-refractivity contribution is 9.10. The Bertz CT molecular complexity index is 343. The summed E-state index contributed by atoms with van der Waals surface area (Å²) in [6.07, 6.45) is 0. The summed E-state index contributed by atoms with van der Waals surface area (Å²) >= 11 is 3.26. The van der Waals surface area contributed by atoms with Gasteiger partial charge in [0.1, 0.15) is 0 Å². The minimum atomic E-state index is -0.449. The molecule has 0 amide bonds. The van der Waals surface area contributed by atoms with E-state index in [-0.39, 0.29) is 12.4 Å². The molecular formula is C10H9BrO3. The Labute approximate surface area is 90.2 Å². The van der Waals surface area contributed by atoms with E-state index in [0.717, 1.165) is 4.47 Å². The molecule has 0 heterocycles. The van der Waals surface area contributed by atoms with E-state index < -0.39 is 5.97 Å². The average Bonchev–Trinajstić information content (AvgIpc) is 2.15. The molecule has 14 heavy (non-hydrogen) atoms. The number of carbonyl (C=O) groups excluding carboxylic acids is 2. The highest BCUT2D eigenvalue weighted by Gasteiger charge is 2.06. The topological polar surface area (TPSA) is 43.4 Å². The van der Waals surface area contributed by atoms with Gasteiger partial charge in [-0.2, -0.15) is 0 Å². The van der Waals surface area contributed by atoms with Gasteiger partial charge in [-0.25, -0.2) is 0 Å². The number of hydrogen-bond acceptors (Lipinski definition) is 3. The zero-order valence-corrected chi connectivity index (χ0v) is 9.21. The lowest BCUT2D eigenvalue weighted by atomic mass is 10.1. The van der Waals surface area contributed by atoms with Gasteiger partial charge in [-0.05, 0) is 12.1 Å². The van der Waals surface area contributed by atoms with E-state index in [1.54, 1.807) is 24.3 Å². The van der Waals surface area contributed by atoms with E-state index in [2.05, 4.69) is 20.7 Å². The van der Waals surface area contributed by atoms with Crippen LogP contribution in [0.1, 0.15) is 17.3 Å². The van der Waals surface area contributed by atoms with Crippen molar-refractivity contribution < 1.29 is 14.3 Å². The fourth-order valence-corrected chi connectivity index (χ4v) is 1.15. The summed E-state index contributed by atoms with van der Waals surface area (Å²) in [6, 6.07) is 6.88.